The second kappa shape index (κ2) is 6.95. The summed E-state index contributed by atoms with van der Waals surface area (Å²) in [6, 6.07) is 0. The van der Waals surface area contributed by atoms with Crippen molar-refractivity contribution in [3.63, 3.8) is 0 Å². The fourth-order valence-electron chi connectivity index (χ4n) is 3.90. The number of carbonyl (C=O) groups is 2. The molecule has 0 aromatic heterocycles. The van der Waals surface area contributed by atoms with Crippen LogP contribution in [-0.4, -0.2) is 12.6 Å². The molecule has 0 radical (unpaired) electrons. The van der Waals surface area contributed by atoms with Crippen LogP contribution in [0.2, 0.25) is 0 Å². The van der Waals surface area contributed by atoms with Crippen LogP contribution in [0.4, 0.5) is 0 Å². The van der Waals surface area contributed by atoms with Gasteiger partial charge in [0.1, 0.15) is 0 Å². The first kappa shape index (κ1) is 19.1. The molecule has 132 valence electrons. The summed E-state index contributed by atoms with van der Waals surface area (Å²) in [5.74, 6) is 0. The summed E-state index contributed by atoms with van der Waals surface area (Å²) in [7, 11) is 0. The van der Waals surface area contributed by atoms with E-state index in [1.165, 1.54) is 33.4 Å². The zero-order valence-corrected chi connectivity index (χ0v) is 16.7. The van der Waals surface area contributed by atoms with Gasteiger partial charge in [0.05, 0.1) is 0 Å². The van der Waals surface area contributed by atoms with Crippen molar-refractivity contribution in [2.45, 2.75) is 61.8 Å². The van der Waals surface area contributed by atoms with Crippen molar-refractivity contribution in [3.8, 4) is 0 Å². The van der Waals surface area contributed by atoms with Gasteiger partial charge in [-0.15, -0.1) is 0 Å². The predicted molar refractivity (Wildman–Crippen MR) is 104 cm³/mol. The minimum Gasteiger partial charge on any atom is -0.298 e. The first-order valence-corrected chi connectivity index (χ1v) is 8.76. The van der Waals surface area contributed by atoms with E-state index < -0.39 is 0 Å². The van der Waals surface area contributed by atoms with E-state index in [1.54, 1.807) is 0 Å². The third-order valence-electron chi connectivity index (χ3n) is 6.27. The number of hydrogen-bond donors (Lipinski definition) is 0. The zero-order chi connectivity index (χ0) is 19.0. The maximum Gasteiger partial charge on any atom is 0.150 e. The summed E-state index contributed by atoms with van der Waals surface area (Å²) in [5, 5.41) is 0. The summed E-state index contributed by atoms with van der Waals surface area (Å²) in [5.41, 5.74) is 13.3. The third-order valence-corrected chi connectivity index (χ3v) is 6.27. The van der Waals surface area contributed by atoms with Gasteiger partial charge >= 0.3 is 0 Å². The standard InChI is InChI=1S/C23H28O2/c1-12-16(5)22(10-24)17(6)13(2)20(12)9-21-14(3)18(7)23(11-25)19(8)15(21)4/h10-11H,9H2,1-8H3. The van der Waals surface area contributed by atoms with Gasteiger partial charge in [0, 0.05) is 11.1 Å². The van der Waals surface area contributed by atoms with Crippen molar-refractivity contribution in [1.29, 1.82) is 0 Å². The van der Waals surface area contributed by atoms with Crippen LogP contribution in [0, 0.1) is 55.4 Å². The first-order chi connectivity index (χ1) is 11.7. The number of carbonyl (C=O) groups excluding carboxylic acids is 2. The molecule has 2 heteroatoms. The van der Waals surface area contributed by atoms with Crippen molar-refractivity contribution >= 4 is 12.6 Å². The van der Waals surface area contributed by atoms with Gasteiger partial charge in [-0.05, 0) is 117 Å². The van der Waals surface area contributed by atoms with Crippen LogP contribution >= 0.6 is 0 Å². The molecule has 0 aliphatic rings. The van der Waals surface area contributed by atoms with E-state index >= 15 is 0 Å². The molecule has 0 heterocycles. The van der Waals surface area contributed by atoms with Gasteiger partial charge in [-0.25, -0.2) is 0 Å². The molecule has 0 bridgehead atoms. The first-order valence-electron chi connectivity index (χ1n) is 8.76. The molecule has 2 rings (SSSR count). The number of aldehydes is 2. The van der Waals surface area contributed by atoms with E-state index in [0.29, 0.717) is 0 Å². The molecular weight excluding hydrogens is 308 g/mol. The van der Waals surface area contributed by atoms with Crippen LogP contribution in [-0.2, 0) is 6.42 Å². The fourth-order valence-corrected chi connectivity index (χ4v) is 3.90. The summed E-state index contributed by atoms with van der Waals surface area (Å²) >= 11 is 0. The lowest BCUT2D eigenvalue weighted by Crippen LogP contribution is -2.09. The van der Waals surface area contributed by atoms with Crippen LogP contribution in [0.15, 0.2) is 0 Å². The van der Waals surface area contributed by atoms with Crippen molar-refractivity contribution in [2.75, 3.05) is 0 Å². The van der Waals surface area contributed by atoms with E-state index in [4.69, 9.17) is 0 Å². The van der Waals surface area contributed by atoms with Crippen molar-refractivity contribution in [2.24, 2.45) is 0 Å². The van der Waals surface area contributed by atoms with Gasteiger partial charge < -0.3 is 0 Å². The lowest BCUT2D eigenvalue weighted by Gasteiger charge is -2.22. The molecule has 0 unspecified atom stereocenters. The van der Waals surface area contributed by atoms with E-state index in [9.17, 15) is 9.59 Å². The summed E-state index contributed by atoms with van der Waals surface area (Å²) < 4.78 is 0. The molecule has 0 saturated carbocycles. The van der Waals surface area contributed by atoms with Gasteiger partial charge in [-0.3, -0.25) is 9.59 Å². The Labute approximate surface area is 151 Å². The Hall–Kier alpha value is -2.22. The molecule has 2 aromatic rings. The Balaban J connectivity index is 2.74. The molecule has 0 fully saturated rings. The highest BCUT2D eigenvalue weighted by atomic mass is 16.1. The largest absolute Gasteiger partial charge is 0.298 e. The SMILES string of the molecule is Cc1c(C)c(Cc2c(C)c(C)c(C=O)c(C)c2C)c(C)c(C)c1C=O. The summed E-state index contributed by atoms with van der Waals surface area (Å²) in [6.45, 7) is 16.5. The third kappa shape index (κ3) is 2.95. The Morgan fingerprint density at radius 1 is 0.480 bits per heavy atom. The second-order valence-electron chi connectivity index (χ2n) is 7.20. The second-order valence-corrected chi connectivity index (χ2v) is 7.20. The number of benzene rings is 2. The van der Waals surface area contributed by atoms with Gasteiger partial charge in [0.25, 0.3) is 0 Å². The summed E-state index contributed by atoms with van der Waals surface area (Å²) in [4.78, 5) is 22.9. The maximum absolute atomic E-state index is 11.5. The Bertz CT molecular complexity index is 754. The van der Waals surface area contributed by atoms with Crippen molar-refractivity contribution in [3.05, 3.63) is 66.8 Å². The van der Waals surface area contributed by atoms with E-state index in [0.717, 1.165) is 52.4 Å². The fraction of sp³-hybridized carbons (Fsp3) is 0.391. The van der Waals surface area contributed by atoms with Gasteiger partial charge in [0.15, 0.2) is 12.6 Å². The minimum absolute atomic E-state index is 0.816. The van der Waals surface area contributed by atoms with Gasteiger partial charge in [0.2, 0.25) is 0 Å². The lowest BCUT2D eigenvalue weighted by molar-refractivity contribution is 0.111. The molecule has 0 saturated heterocycles. The van der Waals surface area contributed by atoms with Crippen LogP contribution in [0.1, 0.15) is 76.4 Å². The number of rotatable bonds is 4. The van der Waals surface area contributed by atoms with Crippen molar-refractivity contribution in [1.82, 2.24) is 0 Å². The highest BCUT2D eigenvalue weighted by Crippen LogP contribution is 2.32. The number of hydrogen-bond acceptors (Lipinski definition) is 2. The molecule has 0 aliphatic heterocycles. The Kier molecular flexibility index (Phi) is 5.31. The average Bonchev–Trinajstić information content (AvgIpc) is 2.59. The molecule has 0 amide bonds. The minimum atomic E-state index is 0.816. The van der Waals surface area contributed by atoms with Crippen LogP contribution in [0.3, 0.4) is 0 Å². The predicted octanol–water partition coefficient (Wildman–Crippen LogP) is 5.37. The van der Waals surface area contributed by atoms with E-state index in [1.807, 2.05) is 27.7 Å². The van der Waals surface area contributed by atoms with Crippen LogP contribution < -0.4 is 0 Å². The smallest absolute Gasteiger partial charge is 0.150 e. The highest BCUT2D eigenvalue weighted by molar-refractivity contribution is 5.83. The molecule has 25 heavy (non-hydrogen) atoms. The Morgan fingerprint density at radius 3 is 0.920 bits per heavy atom. The maximum atomic E-state index is 11.5. The molecule has 2 nitrogen and oxygen atoms in total. The van der Waals surface area contributed by atoms with Crippen molar-refractivity contribution < 1.29 is 9.59 Å². The average molecular weight is 336 g/mol. The summed E-state index contributed by atoms with van der Waals surface area (Å²) in [6.07, 6.45) is 2.77. The van der Waals surface area contributed by atoms with E-state index in [2.05, 4.69) is 27.7 Å². The Morgan fingerprint density at radius 2 is 0.720 bits per heavy atom. The molecule has 0 atom stereocenters. The van der Waals surface area contributed by atoms with Crippen LogP contribution in [0.5, 0.6) is 0 Å². The molecule has 0 N–H and O–H groups in total. The molecule has 0 aliphatic carbocycles. The topological polar surface area (TPSA) is 34.1 Å². The van der Waals surface area contributed by atoms with E-state index in [-0.39, 0.29) is 0 Å². The van der Waals surface area contributed by atoms with Gasteiger partial charge in [-0.1, -0.05) is 0 Å². The molecular formula is C23H28O2. The molecule has 0 spiro atoms. The van der Waals surface area contributed by atoms with Crippen LogP contribution in [0.25, 0.3) is 0 Å². The molecule has 2 aromatic carbocycles. The highest BCUT2D eigenvalue weighted by Gasteiger charge is 2.19. The zero-order valence-electron chi connectivity index (χ0n) is 16.7. The van der Waals surface area contributed by atoms with Gasteiger partial charge in [-0.2, -0.15) is 0 Å². The quantitative estimate of drug-likeness (QED) is 0.703. The normalized spacial score (nSPS) is 10.9. The monoisotopic (exact) mass is 336 g/mol. The lowest BCUT2D eigenvalue weighted by atomic mass is 9.82.